The first-order valence-corrected chi connectivity index (χ1v) is 3.19. The van der Waals surface area contributed by atoms with Crippen LogP contribution in [-0.4, -0.2) is 12.4 Å². The second-order valence-corrected chi connectivity index (χ2v) is 2.15. The Morgan fingerprint density at radius 3 is 1.17 bits per heavy atom. The zero-order chi connectivity index (χ0) is 10.4. The summed E-state index contributed by atoms with van der Waals surface area (Å²) < 4.78 is 64.2. The summed E-state index contributed by atoms with van der Waals surface area (Å²) in [5.41, 5.74) is 0. The van der Waals surface area contributed by atoms with Gasteiger partial charge in [-0.1, -0.05) is 6.92 Å². The van der Waals surface area contributed by atoms with E-state index in [9.17, 15) is 26.3 Å². The molecule has 0 rings (SSSR count). The molecule has 0 amide bonds. The molecule has 0 saturated heterocycles. The van der Waals surface area contributed by atoms with Crippen molar-refractivity contribution in [2.45, 2.75) is 39.0 Å². The summed E-state index contributed by atoms with van der Waals surface area (Å²) >= 11 is 0. The fourth-order valence-corrected chi connectivity index (χ4v) is 0.283. The quantitative estimate of drug-likeness (QED) is 0.557. The van der Waals surface area contributed by atoms with Crippen LogP contribution in [0.5, 0.6) is 0 Å². The maximum atomic E-state index is 11.1. The van der Waals surface area contributed by atoms with Crippen molar-refractivity contribution in [1.29, 1.82) is 0 Å². The third-order valence-corrected chi connectivity index (χ3v) is 0.533. The summed E-state index contributed by atoms with van der Waals surface area (Å²) in [6.07, 6.45) is -8.43. The molecular formula is C6H10F6. The van der Waals surface area contributed by atoms with E-state index in [2.05, 4.69) is 0 Å². The van der Waals surface area contributed by atoms with Gasteiger partial charge in [-0.3, -0.25) is 0 Å². The van der Waals surface area contributed by atoms with E-state index in [0.29, 0.717) is 0 Å². The van der Waals surface area contributed by atoms with E-state index in [0.717, 1.165) is 0 Å². The summed E-state index contributed by atoms with van der Waals surface area (Å²) in [6, 6.07) is 0. The molecule has 0 radical (unpaired) electrons. The molecule has 0 saturated carbocycles. The van der Waals surface area contributed by atoms with E-state index in [1.54, 1.807) is 0 Å². The number of rotatable bonds is 1. The van der Waals surface area contributed by atoms with E-state index in [4.69, 9.17) is 0 Å². The monoisotopic (exact) mass is 196 g/mol. The summed E-state index contributed by atoms with van der Waals surface area (Å²) in [6.45, 7) is 1.69. The minimum atomic E-state index is -4.00. The minimum absolute atomic E-state index is 0.184. The molecule has 0 aliphatic carbocycles. The van der Waals surface area contributed by atoms with Crippen LogP contribution in [-0.2, 0) is 0 Å². The molecule has 0 aliphatic rings. The zero-order valence-electron chi connectivity index (χ0n) is 6.68. The smallest absolute Gasteiger partial charge is 0.172 e. The first-order chi connectivity index (χ1) is 5.06. The largest absolute Gasteiger partial charge is 0.389 e. The Hall–Kier alpha value is -0.420. The average Bonchev–Trinajstić information content (AvgIpc) is 1.54. The van der Waals surface area contributed by atoms with Gasteiger partial charge in [0.25, 0.3) is 0 Å². The van der Waals surface area contributed by atoms with E-state index in [1.165, 1.54) is 6.92 Å². The molecule has 0 fully saturated rings. The average molecular weight is 196 g/mol. The molecule has 0 bridgehead atoms. The topological polar surface area (TPSA) is 0 Å². The number of halogens is 6. The van der Waals surface area contributed by atoms with E-state index < -0.39 is 18.8 Å². The first kappa shape index (κ1) is 14.1. The van der Waals surface area contributed by atoms with E-state index >= 15 is 0 Å². The Kier molecular flexibility index (Phi) is 6.20. The van der Waals surface area contributed by atoms with Gasteiger partial charge in [0.05, 0.1) is 0 Å². The molecule has 0 unspecified atom stereocenters. The number of hydrogen-bond donors (Lipinski definition) is 0. The van der Waals surface area contributed by atoms with Crippen molar-refractivity contribution >= 4 is 0 Å². The summed E-state index contributed by atoms with van der Waals surface area (Å²) in [4.78, 5) is 0. The van der Waals surface area contributed by atoms with Crippen LogP contribution in [0.2, 0.25) is 0 Å². The van der Waals surface area contributed by atoms with Crippen LogP contribution < -0.4 is 0 Å². The van der Waals surface area contributed by atoms with Gasteiger partial charge in [-0.05, 0) is 6.42 Å². The normalized spacial score (nSPS) is 12.0. The van der Waals surface area contributed by atoms with Gasteiger partial charge in [-0.2, -0.15) is 26.3 Å². The highest BCUT2D eigenvalue weighted by Crippen LogP contribution is 2.20. The molecule has 0 aromatic carbocycles. The van der Waals surface area contributed by atoms with Crippen molar-refractivity contribution in [2.75, 3.05) is 0 Å². The highest BCUT2D eigenvalue weighted by molar-refractivity contribution is 4.44. The van der Waals surface area contributed by atoms with Gasteiger partial charge in [0.2, 0.25) is 0 Å². The Labute approximate surface area is 66.6 Å². The van der Waals surface area contributed by atoms with Crippen LogP contribution in [0.4, 0.5) is 26.3 Å². The molecule has 0 aromatic rings. The van der Waals surface area contributed by atoms with Gasteiger partial charge in [0, 0.05) is 13.3 Å². The second kappa shape index (κ2) is 5.27. The fourth-order valence-electron chi connectivity index (χ4n) is 0.283. The first-order valence-electron chi connectivity index (χ1n) is 3.19. The molecule has 76 valence electrons. The molecule has 0 nitrogen and oxygen atoms in total. The molecular weight excluding hydrogens is 186 g/mol. The van der Waals surface area contributed by atoms with Crippen LogP contribution in [0, 0.1) is 0 Å². The van der Waals surface area contributed by atoms with Crippen molar-refractivity contribution in [1.82, 2.24) is 0 Å². The summed E-state index contributed by atoms with van der Waals surface area (Å²) in [5, 5.41) is 0. The third kappa shape index (κ3) is 55.0. The minimum Gasteiger partial charge on any atom is -0.172 e. The molecule has 0 aromatic heterocycles. The maximum absolute atomic E-state index is 11.1. The van der Waals surface area contributed by atoms with Crippen LogP contribution in [0.3, 0.4) is 0 Å². The van der Waals surface area contributed by atoms with Gasteiger partial charge in [0.1, 0.15) is 0 Å². The van der Waals surface area contributed by atoms with Crippen LogP contribution in [0.1, 0.15) is 26.7 Å². The Morgan fingerprint density at radius 2 is 1.17 bits per heavy atom. The van der Waals surface area contributed by atoms with Crippen molar-refractivity contribution in [3.05, 3.63) is 0 Å². The third-order valence-electron chi connectivity index (χ3n) is 0.533. The summed E-state index contributed by atoms with van der Waals surface area (Å²) in [5.74, 6) is 0. The number of alkyl halides is 6. The summed E-state index contributed by atoms with van der Waals surface area (Å²) in [7, 11) is 0. The highest BCUT2D eigenvalue weighted by atomic mass is 19.4. The van der Waals surface area contributed by atoms with Gasteiger partial charge < -0.3 is 0 Å². The van der Waals surface area contributed by atoms with Gasteiger partial charge >= 0.3 is 12.4 Å². The standard InChI is InChI=1S/C4H7F3.C2H3F3/c1-2-3-4(5,6)7;1-2(3,4)5/h2-3H2,1H3;1H3. The number of hydrogen-bond acceptors (Lipinski definition) is 0. The van der Waals surface area contributed by atoms with Gasteiger partial charge in [-0.25, -0.2) is 0 Å². The van der Waals surface area contributed by atoms with Crippen LogP contribution in [0.25, 0.3) is 0 Å². The lowest BCUT2D eigenvalue weighted by Crippen LogP contribution is -2.04. The molecule has 0 spiro atoms. The maximum Gasteiger partial charge on any atom is 0.389 e. The Morgan fingerprint density at radius 1 is 0.917 bits per heavy atom. The lowest BCUT2D eigenvalue weighted by atomic mass is 10.3. The Balaban J connectivity index is 0. The predicted molar refractivity (Wildman–Crippen MR) is 32.7 cm³/mol. The molecule has 0 heterocycles. The molecule has 0 atom stereocenters. The molecule has 6 heteroatoms. The predicted octanol–water partition coefficient (Wildman–Crippen LogP) is 3.92. The van der Waals surface area contributed by atoms with Gasteiger partial charge in [0.15, 0.2) is 0 Å². The van der Waals surface area contributed by atoms with Crippen molar-refractivity contribution in [2.24, 2.45) is 0 Å². The van der Waals surface area contributed by atoms with Crippen molar-refractivity contribution < 1.29 is 26.3 Å². The van der Waals surface area contributed by atoms with Gasteiger partial charge in [-0.15, -0.1) is 0 Å². The lowest BCUT2D eigenvalue weighted by Gasteiger charge is -2.00. The highest BCUT2D eigenvalue weighted by Gasteiger charge is 2.24. The molecule has 12 heavy (non-hydrogen) atoms. The van der Waals surface area contributed by atoms with Crippen molar-refractivity contribution in [3.8, 4) is 0 Å². The Bertz CT molecular complexity index is 93.6. The molecule has 0 aliphatic heterocycles. The van der Waals surface area contributed by atoms with E-state index in [1.807, 2.05) is 0 Å². The molecule has 0 N–H and O–H groups in total. The van der Waals surface area contributed by atoms with E-state index in [-0.39, 0.29) is 13.3 Å². The fraction of sp³-hybridized carbons (Fsp3) is 1.00. The second-order valence-electron chi connectivity index (χ2n) is 2.15. The van der Waals surface area contributed by atoms with Crippen molar-refractivity contribution in [3.63, 3.8) is 0 Å². The SMILES string of the molecule is CC(F)(F)F.CCCC(F)(F)F. The zero-order valence-corrected chi connectivity index (χ0v) is 6.68. The van der Waals surface area contributed by atoms with Crippen LogP contribution in [0.15, 0.2) is 0 Å². The lowest BCUT2D eigenvalue weighted by molar-refractivity contribution is -0.134. The van der Waals surface area contributed by atoms with Crippen LogP contribution >= 0.6 is 0 Å².